The Balaban J connectivity index is 2.71. The van der Waals surface area contributed by atoms with E-state index >= 15 is 0 Å². The van der Waals surface area contributed by atoms with Gasteiger partial charge in [0, 0.05) is 12.3 Å². The van der Waals surface area contributed by atoms with Crippen LogP contribution in [0.15, 0.2) is 34.4 Å². The van der Waals surface area contributed by atoms with Crippen LogP contribution in [0.5, 0.6) is 0 Å². The minimum Gasteiger partial charge on any atom is -0.274 e. The SMILES string of the molecule is CC(=O)n1c2ccccc2n2c(=O)scc12. The van der Waals surface area contributed by atoms with Crippen molar-refractivity contribution >= 4 is 33.9 Å². The number of hydrogen-bond acceptors (Lipinski definition) is 3. The number of fused-ring (bicyclic) bond motifs is 3. The van der Waals surface area contributed by atoms with Crippen LogP contribution in [-0.4, -0.2) is 14.9 Å². The third-order valence-corrected chi connectivity index (χ3v) is 3.30. The number of benzene rings is 1. The second kappa shape index (κ2) is 3.05. The number of thiazole rings is 1. The van der Waals surface area contributed by atoms with Crippen molar-refractivity contribution in [2.24, 2.45) is 0 Å². The van der Waals surface area contributed by atoms with Crippen LogP contribution in [0.1, 0.15) is 11.7 Å². The number of nitrogens with zero attached hydrogens (tertiary/aromatic N) is 2. The van der Waals surface area contributed by atoms with Crippen LogP contribution >= 0.6 is 11.3 Å². The molecular formula is C11H8N2O2S. The van der Waals surface area contributed by atoms with E-state index in [2.05, 4.69) is 0 Å². The zero-order valence-electron chi connectivity index (χ0n) is 8.51. The highest BCUT2D eigenvalue weighted by Crippen LogP contribution is 2.20. The third kappa shape index (κ3) is 1.03. The van der Waals surface area contributed by atoms with Gasteiger partial charge in [0.15, 0.2) is 0 Å². The number of hydrogen-bond donors (Lipinski definition) is 0. The Morgan fingerprint density at radius 1 is 1.25 bits per heavy atom. The summed E-state index contributed by atoms with van der Waals surface area (Å²) in [6, 6.07) is 7.40. The van der Waals surface area contributed by atoms with Gasteiger partial charge in [-0.2, -0.15) is 0 Å². The lowest BCUT2D eigenvalue weighted by atomic mass is 10.3. The molecule has 0 fully saturated rings. The van der Waals surface area contributed by atoms with Crippen LogP contribution < -0.4 is 4.87 Å². The molecule has 3 aromatic rings. The lowest BCUT2D eigenvalue weighted by Gasteiger charge is -1.97. The number of carbonyl (C=O) groups excluding carboxylic acids is 1. The van der Waals surface area contributed by atoms with Crippen LogP contribution in [0.2, 0.25) is 0 Å². The average Bonchev–Trinajstić information content (AvgIpc) is 2.76. The van der Waals surface area contributed by atoms with E-state index in [0.29, 0.717) is 5.65 Å². The predicted molar refractivity (Wildman–Crippen MR) is 63.3 cm³/mol. The summed E-state index contributed by atoms with van der Waals surface area (Å²) in [5, 5.41) is 1.71. The van der Waals surface area contributed by atoms with Crippen molar-refractivity contribution in [3.8, 4) is 0 Å². The summed E-state index contributed by atoms with van der Waals surface area (Å²) in [6.07, 6.45) is 0. The molecule has 2 heterocycles. The molecule has 5 heteroatoms. The van der Waals surface area contributed by atoms with E-state index in [1.165, 1.54) is 6.92 Å². The van der Waals surface area contributed by atoms with Crippen LogP contribution in [-0.2, 0) is 0 Å². The lowest BCUT2D eigenvalue weighted by Crippen LogP contribution is -2.06. The first-order chi connectivity index (χ1) is 7.70. The van der Waals surface area contributed by atoms with Crippen molar-refractivity contribution in [2.75, 3.05) is 0 Å². The van der Waals surface area contributed by atoms with Gasteiger partial charge in [-0.05, 0) is 12.1 Å². The molecule has 0 aliphatic carbocycles. The summed E-state index contributed by atoms with van der Waals surface area (Å²) in [6.45, 7) is 1.49. The quantitative estimate of drug-likeness (QED) is 0.594. The first kappa shape index (κ1) is 9.35. The van der Waals surface area contributed by atoms with Gasteiger partial charge in [-0.25, -0.2) is 0 Å². The van der Waals surface area contributed by atoms with Crippen molar-refractivity contribution < 1.29 is 4.79 Å². The maximum absolute atomic E-state index is 11.7. The molecule has 0 saturated carbocycles. The topological polar surface area (TPSA) is 43.5 Å². The van der Waals surface area contributed by atoms with Gasteiger partial charge in [-0.3, -0.25) is 18.6 Å². The van der Waals surface area contributed by atoms with Gasteiger partial charge in [-0.15, -0.1) is 0 Å². The zero-order valence-corrected chi connectivity index (χ0v) is 9.32. The van der Waals surface area contributed by atoms with E-state index in [9.17, 15) is 9.59 Å². The molecule has 16 heavy (non-hydrogen) atoms. The van der Waals surface area contributed by atoms with Crippen molar-refractivity contribution in [3.63, 3.8) is 0 Å². The van der Waals surface area contributed by atoms with Crippen molar-refractivity contribution in [1.29, 1.82) is 0 Å². The Bertz CT molecular complexity index is 763. The number of imidazole rings is 1. The summed E-state index contributed by atoms with van der Waals surface area (Å²) in [5.41, 5.74) is 2.19. The first-order valence-corrected chi connectivity index (χ1v) is 5.69. The van der Waals surface area contributed by atoms with Crippen LogP contribution in [0.3, 0.4) is 0 Å². The minimum absolute atomic E-state index is 0.0637. The van der Waals surface area contributed by atoms with Gasteiger partial charge in [0.05, 0.1) is 11.0 Å². The molecule has 0 N–H and O–H groups in total. The van der Waals surface area contributed by atoms with E-state index in [4.69, 9.17) is 0 Å². The van der Waals surface area contributed by atoms with Gasteiger partial charge in [-0.1, -0.05) is 23.5 Å². The summed E-state index contributed by atoms with van der Waals surface area (Å²) in [4.78, 5) is 23.2. The fourth-order valence-electron chi connectivity index (χ4n) is 1.97. The highest BCUT2D eigenvalue weighted by molar-refractivity contribution is 7.07. The normalized spacial score (nSPS) is 11.3. The molecule has 0 bridgehead atoms. The molecule has 4 nitrogen and oxygen atoms in total. The smallest absolute Gasteiger partial charge is 0.274 e. The average molecular weight is 232 g/mol. The Kier molecular flexibility index (Phi) is 1.79. The molecule has 1 aromatic carbocycles. The van der Waals surface area contributed by atoms with Crippen LogP contribution in [0.4, 0.5) is 0 Å². The fourth-order valence-corrected chi connectivity index (χ4v) is 2.69. The van der Waals surface area contributed by atoms with E-state index in [-0.39, 0.29) is 10.8 Å². The summed E-state index contributed by atoms with van der Waals surface area (Å²) in [5.74, 6) is -0.0866. The third-order valence-electron chi connectivity index (χ3n) is 2.58. The zero-order chi connectivity index (χ0) is 11.3. The monoisotopic (exact) mass is 232 g/mol. The molecule has 0 unspecified atom stereocenters. The molecule has 0 saturated heterocycles. The molecule has 0 amide bonds. The predicted octanol–water partition coefficient (Wildman–Crippen LogP) is 1.98. The maximum Gasteiger partial charge on any atom is 0.313 e. The highest BCUT2D eigenvalue weighted by atomic mass is 32.1. The second-order valence-corrected chi connectivity index (χ2v) is 4.36. The minimum atomic E-state index is -0.0866. The second-order valence-electron chi connectivity index (χ2n) is 3.54. The Labute approximate surface area is 94.4 Å². The molecule has 0 atom stereocenters. The van der Waals surface area contributed by atoms with E-state index in [1.54, 1.807) is 14.3 Å². The molecule has 2 aromatic heterocycles. The largest absolute Gasteiger partial charge is 0.313 e. The molecule has 0 aliphatic rings. The summed E-state index contributed by atoms with van der Waals surface area (Å²) >= 11 is 1.11. The molecule has 3 rings (SSSR count). The molecular weight excluding hydrogens is 224 g/mol. The molecule has 0 spiro atoms. The molecule has 80 valence electrons. The maximum atomic E-state index is 11.7. The lowest BCUT2D eigenvalue weighted by molar-refractivity contribution is 0.0946. The Morgan fingerprint density at radius 2 is 1.94 bits per heavy atom. The summed E-state index contributed by atoms with van der Waals surface area (Å²) < 4.78 is 3.13. The van der Waals surface area contributed by atoms with Crippen molar-refractivity contribution in [3.05, 3.63) is 39.3 Å². The molecule has 0 aliphatic heterocycles. The Morgan fingerprint density at radius 3 is 2.62 bits per heavy atom. The Hall–Kier alpha value is -1.88. The van der Waals surface area contributed by atoms with Crippen molar-refractivity contribution in [2.45, 2.75) is 6.92 Å². The van der Waals surface area contributed by atoms with Gasteiger partial charge in [0.2, 0.25) is 5.91 Å². The van der Waals surface area contributed by atoms with Gasteiger partial charge >= 0.3 is 4.87 Å². The van der Waals surface area contributed by atoms with Gasteiger partial charge in [0.25, 0.3) is 0 Å². The van der Waals surface area contributed by atoms with E-state index < -0.39 is 0 Å². The number of para-hydroxylation sites is 2. The van der Waals surface area contributed by atoms with Crippen LogP contribution in [0, 0.1) is 0 Å². The summed E-state index contributed by atoms with van der Waals surface area (Å²) in [7, 11) is 0. The number of carbonyl (C=O) groups is 1. The molecule has 0 radical (unpaired) electrons. The van der Waals surface area contributed by atoms with Gasteiger partial charge < -0.3 is 0 Å². The van der Waals surface area contributed by atoms with E-state index in [0.717, 1.165) is 22.4 Å². The van der Waals surface area contributed by atoms with E-state index in [1.807, 2.05) is 24.3 Å². The number of rotatable bonds is 0. The van der Waals surface area contributed by atoms with Gasteiger partial charge in [0.1, 0.15) is 5.65 Å². The van der Waals surface area contributed by atoms with Crippen molar-refractivity contribution in [1.82, 2.24) is 8.97 Å². The highest BCUT2D eigenvalue weighted by Gasteiger charge is 2.14. The standard InChI is InChI=1S/C11H8N2O2S/c1-7(14)12-8-4-2-3-5-9(8)13-10(12)6-16-11(13)15/h2-6H,1H3. The first-order valence-electron chi connectivity index (χ1n) is 4.81. The number of aromatic nitrogens is 2. The fraction of sp³-hybridized carbons (Fsp3) is 0.0909. The van der Waals surface area contributed by atoms with Crippen LogP contribution in [0.25, 0.3) is 16.7 Å².